The lowest BCUT2D eigenvalue weighted by atomic mass is 9.89. The molecule has 0 radical (unpaired) electrons. The highest BCUT2D eigenvalue weighted by Gasteiger charge is 2.37. The normalized spacial score (nSPS) is 16.7. The monoisotopic (exact) mass is 427 g/mol. The van der Waals surface area contributed by atoms with Gasteiger partial charge in [-0.1, -0.05) is 44.2 Å². The molecule has 31 heavy (non-hydrogen) atoms. The lowest BCUT2D eigenvalue weighted by Gasteiger charge is -2.44. The first-order chi connectivity index (χ1) is 14.6. The first-order valence-electron chi connectivity index (χ1n) is 10.2. The summed E-state index contributed by atoms with van der Waals surface area (Å²) in [6.45, 7) is 5.80. The van der Waals surface area contributed by atoms with E-state index in [4.69, 9.17) is 0 Å². The van der Waals surface area contributed by atoms with Gasteiger partial charge in [-0.25, -0.2) is 4.79 Å². The molecule has 1 aliphatic heterocycles. The van der Waals surface area contributed by atoms with Crippen molar-refractivity contribution in [3.8, 4) is 0 Å². The smallest absolute Gasteiger partial charge is 0.323 e. The van der Waals surface area contributed by atoms with E-state index in [1.807, 2.05) is 30.3 Å². The topological polar surface area (TPSA) is 36.4 Å². The molecule has 4 nitrogen and oxygen atoms in total. The molecular weight excluding hydrogens is 403 g/mol. The highest BCUT2D eigenvalue weighted by Crippen LogP contribution is 2.31. The lowest BCUT2D eigenvalue weighted by molar-refractivity contribution is -0.137. The Balaban J connectivity index is 1.52. The van der Waals surface area contributed by atoms with Crippen LogP contribution in [0.15, 0.2) is 60.8 Å². The van der Waals surface area contributed by atoms with Crippen LogP contribution < -0.4 is 4.90 Å². The van der Waals surface area contributed by atoms with Crippen LogP contribution in [0.2, 0.25) is 0 Å². The average Bonchev–Trinajstić information content (AvgIpc) is 2.73. The van der Waals surface area contributed by atoms with Crippen LogP contribution in [-0.4, -0.2) is 35.5 Å². The third kappa shape index (κ3) is 4.65. The number of benzene rings is 2. The van der Waals surface area contributed by atoms with Crippen LogP contribution in [0.5, 0.6) is 0 Å². The first kappa shape index (κ1) is 21.2. The highest BCUT2D eigenvalue weighted by atomic mass is 19.4. The van der Waals surface area contributed by atoms with Crippen LogP contribution >= 0.6 is 0 Å². The highest BCUT2D eigenvalue weighted by molar-refractivity contribution is 5.95. The SMILES string of the molecule is CC1(C)CN(CCc2ccc(C(F)(F)F)cc2)C(=O)N(c2cnc3ccccc3c2)C1. The van der Waals surface area contributed by atoms with E-state index >= 15 is 0 Å². The number of hydrogen-bond acceptors (Lipinski definition) is 2. The molecule has 2 heterocycles. The Bertz CT molecular complexity index is 1090. The summed E-state index contributed by atoms with van der Waals surface area (Å²) in [5.74, 6) is 0. The van der Waals surface area contributed by atoms with Crippen molar-refractivity contribution in [1.29, 1.82) is 0 Å². The van der Waals surface area contributed by atoms with E-state index < -0.39 is 11.7 Å². The molecule has 0 N–H and O–H groups in total. The van der Waals surface area contributed by atoms with E-state index in [-0.39, 0.29) is 11.4 Å². The van der Waals surface area contributed by atoms with Gasteiger partial charge in [0.2, 0.25) is 0 Å². The number of fused-ring (bicyclic) bond motifs is 1. The van der Waals surface area contributed by atoms with Gasteiger partial charge in [-0.3, -0.25) is 9.88 Å². The molecule has 3 aromatic rings. The number of rotatable bonds is 4. The zero-order valence-corrected chi connectivity index (χ0v) is 17.5. The number of carbonyl (C=O) groups excluding carboxylic acids is 1. The minimum Gasteiger partial charge on any atom is -0.323 e. The molecule has 0 aliphatic carbocycles. The van der Waals surface area contributed by atoms with Gasteiger partial charge in [-0.15, -0.1) is 0 Å². The summed E-state index contributed by atoms with van der Waals surface area (Å²) in [6, 6.07) is 14.7. The Kier molecular flexibility index (Phi) is 5.37. The van der Waals surface area contributed by atoms with Crippen LogP contribution in [-0.2, 0) is 12.6 Å². The number of nitrogens with zero attached hydrogens (tertiary/aromatic N) is 3. The molecule has 0 bridgehead atoms. The van der Waals surface area contributed by atoms with Crippen LogP contribution in [0.25, 0.3) is 10.9 Å². The molecule has 1 aromatic heterocycles. The van der Waals surface area contributed by atoms with E-state index in [0.29, 0.717) is 26.1 Å². The van der Waals surface area contributed by atoms with E-state index in [1.54, 1.807) is 16.0 Å². The van der Waals surface area contributed by atoms with Crippen molar-refractivity contribution in [3.05, 3.63) is 71.9 Å². The van der Waals surface area contributed by atoms with Gasteiger partial charge in [0.25, 0.3) is 0 Å². The summed E-state index contributed by atoms with van der Waals surface area (Å²) in [6.07, 6.45) is -2.14. The van der Waals surface area contributed by atoms with Gasteiger partial charge in [0.05, 0.1) is 23.0 Å². The molecular formula is C24H24F3N3O. The van der Waals surface area contributed by atoms with Crippen molar-refractivity contribution in [2.24, 2.45) is 5.41 Å². The Hall–Kier alpha value is -3.09. The number of pyridine rings is 1. The summed E-state index contributed by atoms with van der Waals surface area (Å²) in [5.41, 5.74) is 1.58. The quantitative estimate of drug-likeness (QED) is 0.530. The summed E-state index contributed by atoms with van der Waals surface area (Å²) < 4.78 is 38.3. The molecule has 0 saturated carbocycles. The molecule has 0 unspecified atom stereocenters. The fourth-order valence-electron chi connectivity index (χ4n) is 4.01. The van der Waals surface area contributed by atoms with Gasteiger partial charge in [-0.05, 0) is 36.2 Å². The van der Waals surface area contributed by atoms with Crippen LogP contribution in [0.3, 0.4) is 0 Å². The van der Waals surface area contributed by atoms with Crippen molar-refractivity contribution in [2.45, 2.75) is 26.4 Å². The zero-order chi connectivity index (χ0) is 22.2. The van der Waals surface area contributed by atoms with Crippen molar-refractivity contribution in [3.63, 3.8) is 0 Å². The van der Waals surface area contributed by atoms with Crippen LogP contribution in [0, 0.1) is 5.41 Å². The van der Waals surface area contributed by atoms with Gasteiger partial charge in [-0.2, -0.15) is 13.2 Å². The molecule has 0 spiro atoms. The maximum absolute atomic E-state index is 13.2. The number of hydrogen-bond donors (Lipinski definition) is 0. The fraction of sp³-hybridized carbons (Fsp3) is 0.333. The predicted octanol–water partition coefficient (Wildman–Crippen LogP) is 5.76. The molecule has 1 aliphatic rings. The maximum Gasteiger partial charge on any atom is 0.416 e. The standard InChI is InChI=1S/C24H24F3N3O/c1-23(2)15-29(12-11-17-7-9-19(10-8-17)24(25,26)27)22(31)30(16-23)20-13-18-5-3-4-6-21(18)28-14-20/h3-10,13-14H,11-12,15-16H2,1-2H3. The molecule has 1 saturated heterocycles. The Labute approximate surface area is 179 Å². The minimum absolute atomic E-state index is 0.108. The number of para-hydroxylation sites is 1. The van der Waals surface area contributed by atoms with E-state index in [2.05, 4.69) is 18.8 Å². The number of urea groups is 1. The van der Waals surface area contributed by atoms with Gasteiger partial charge in [0.1, 0.15) is 0 Å². The molecule has 2 aromatic carbocycles. The van der Waals surface area contributed by atoms with Crippen LogP contribution in [0.4, 0.5) is 23.7 Å². The third-order valence-corrected chi connectivity index (χ3v) is 5.55. The van der Waals surface area contributed by atoms with Crippen LogP contribution in [0.1, 0.15) is 25.0 Å². The van der Waals surface area contributed by atoms with Crippen molar-refractivity contribution in [2.75, 3.05) is 24.5 Å². The largest absolute Gasteiger partial charge is 0.416 e. The number of aromatic nitrogens is 1. The molecule has 162 valence electrons. The third-order valence-electron chi connectivity index (χ3n) is 5.55. The van der Waals surface area contributed by atoms with E-state index in [0.717, 1.165) is 34.3 Å². The van der Waals surface area contributed by atoms with E-state index in [9.17, 15) is 18.0 Å². The molecule has 2 amide bonds. The van der Waals surface area contributed by atoms with Crippen molar-refractivity contribution in [1.82, 2.24) is 9.88 Å². The molecule has 0 atom stereocenters. The number of anilines is 1. The van der Waals surface area contributed by atoms with E-state index in [1.165, 1.54) is 12.1 Å². The average molecular weight is 427 g/mol. The second kappa shape index (κ2) is 7.87. The van der Waals surface area contributed by atoms with Gasteiger partial charge < -0.3 is 4.90 Å². The van der Waals surface area contributed by atoms with Gasteiger partial charge in [0.15, 0.2) is 0 Å². The Morgan fingerprint density at radius 3 is 2.45 bits per heavy atom. The predicted molar refractivity (Wildman–Crippen MR) is 115 cm³/mol. The summed E-state index contributed by atoms with van der Waals surface area (Å²) in [4.78, 5) is 21.2. The molecule has 7 heteroatoms. The summed E-state index contributed by atoms with van der Waals surface area (Å²) >= 11 is 0. The number of carbonyl (C=O) groups is 1. The second-order valence-corrected chi connectivity index (χ2v) is 8.79. The lowest BCUT2D eigenvalue weighted by Crippen LogP contribution is -2.57. The van der Waals surface area contributed by atoms with Crippen molar-refractivity contribution < 1.29 is 18.0 Å². The van der Waals surface area contributed by atoms with Gasteiger partial charge in [0, 0.05) is 30.4 Å². The zero-order valence-electron chi connectivity index (χ0n) is 17.5. The van der Waals surface area contributed by atoms with Crippen molar-refractivity contribution >= 4 is 22.6 Å². The number of amides is 2. The minimum atomic E-state index is -4.35. The molecule has 1 fully saturated rings. The summed E-state index contributed by atoms with van der Waals surface area (Å²) in [5, 5.41) is 0.965. The second-order valence-electron chi connectivity index (χ2n) is 8.79. The fourth-order valence-corrected chi connectivity index (χ4v) is 4.01. The number of alkyl halides is 3. The Morgan fingerprint density at radius 2 is 1.74 bits per heavy atom. The number of halogens is 3. The Morgan fingerprint density at radius 1 is 1.03 bits per heavy atom. The summed E-state index contributed by atoms with van der Waals surface area (Å²) in [7, 11) is 0. The first-order valence-corrected chi connectivity index (χ1v) is 10.2. The maximum atomic E-state index is 13.2. The molecule has 4 rings (SSSR count). The van der Waals surface area contributed by atoms with Gasteiger partial charge >= 0.3 is 12.2 Å².